The van der Waals surface area contributed by atoms with Crippen LogP contribution in [0.15, 0.2) is 11.0 Å². The van der Waals surface area contributed by atoms with Crippen LogP contribution in [0.2, 0.25) is 0 Å². The van der Waals surface area contributed by atoms with Crippen LogP contribution in [0.4, 0.5) is 5.69 Å². The number of rotatable bonds is 3. The van der Waals surface area contributed by atoms with Gasteiger partial charge in [-0.3, -0.25) is 14.1 Å². The van der Waals surface area contributed by atoms with Gasteiger partial charge in [0.15, 0.2) is 0 Å². The molecule has 0 radical (unpaired) electrons. The molecular weight excluding hydrogens is 262 g/mol. The molecule has 1 atom stereocenters. The maximum Gasteiger partial charge on any atom is 0.326 e. The van der Waals surface area contributed by atoms with Crippen molar-refractivity contribution in [2.45, 2.75) is 18.9 Å². The number of fused-ring (bicyclic) bond motifs is 1. The predicted molar refractivity (Wildman–Crippen MR) is 62.0 cm³/mol. The number of hydrogen-bond acceptors (Lipinski definition) is 5. The summed E-state index contributed by atoms with van der Waals surface area (Å²) in [6.07, 6.45) is 2.67. The van der Waals surface area contributed by atoms with Gasteiger partial charge in [0, 0.05) is 6.42 Å². The average Bonchev–Trinajstić information content (AvgIpc) is 2.65. The zero-order valence-electron chi connectivity index (χ0n) is 9.45. The summed E-state index contributed by atoms with van der Waals surface area (Å²) in [5.41, 5.74) is -0.926. The van der Waals surface area contributed by atoms with Crippen molar-refractivity contribution in [3.05, 3.63) is 22.4 Å². The Bertz CT molecular complexity index is 663. The predicted octanol–water partition coefficient (Wildman–Crippen LogP) is -0.813. The van der Waals surface area contributed by atoms with Crippen molar-refractivity contribution in [1.82, 2.24) is 9.55 Å². The molecule has 1 unspecified atom stereocenters. The van der Waals surface area contributed by atoms with E-state index in [1.54, 1.807) is 0 Å². The SMILES string of the molecule is CS(=O)(=O)Nc1cnc2n(c1=O)C(C(=O)O)CC2. The highest BCUT2D eigenvalue weighted by atomic mass is 32.2. The normalized spacial score (nSPS) is 18.4. The lowest BCUT2D eigenvalue weighted by Gasteiger charge is -2.11. The molecule has 1 aromatic heterocycles. The van der Waals surface area contributed by atoms with Gasteiger partial charge in [0.2, 0.25) is 10.0 Å². The minimum absolute atomic E-state index is 0.241. The third kappa shape index (κ3) is 2.21. The number of aryl methyl sites for hydroxylation is 1. The fourth-order valence-corrected chi connectivity index (χ4v) is 2.45. The number of hydrogen-bond donors (Lipinski definition) is 2. The van der Waals surface area contributed by atoms with Crippen LogP contribution in [0, 0.1) is 0 Å². The number of carbonyl (C=O) groups is 1. The van der Waals surface area contributed by atoms with Crippen LogP contribution >= 0.6 is 0 Å². The van der Waals surface area contributed by atoms with Gasteiger partial charge in [0.1, 0.15) is 17.6 Å². The second kappa shape index (κ2) is 4.09. The van der Waals surface area contributed by atoms with Gasteiger partial charge in [-0.1, -0.05) is 0 Å². The van der Waals surface area contributed by atoms with Crippen molar-refractivity contribution >= 4 is 21.7 Å². The second-order valence-corrected chi connectivity index (χ2v) is 5.78. The Hall–Kier alpha value is -1.90. The largest absolute Gasteiger partial charge is 0.480 e. The number of carboxylic acids is 1. The molecule has 2 rings (SSSR count). The van der Waals surface area contributed by atoms with E-state index in [-0.39, 0.29) is 12.1 Å². The number of anilines is 1. The molecule has 2 N–H and O–H groups in total. The van der Waals surface area contributed by atoms with Crippen molar-refractivity contribution in [1.29, 1.82) is 0 Å². The highest BCUT2D eigenvalue weighted by molar-refractivity contribution is 7.92. The first kappa shape index (κ1) is 12.6. The average molecular weight is 273 g/mol. The molecule has 0 saturated carbocycles. The number of nitrogens with zero attached hydrogens (tertiary/aromatic N) is 2. The maximum atomic E-state index is 12.0. The molecule has 98 valence electrons. The molecular formula is C9H11N3O5S. The van der Waals surface area contributed by atoms with Crippen molar-refractivity contribution in [2.75, 3.05) is 11.0 Å². The zero-order chi connectivity index (χ0) is 13.5. The summed E-state index contributed by atoms with van der Waals surface area (Å²) in [6.45, 7) is 0. The zero-order valence-corrected chi connectivity index (χ0v) is 10.3. The van der Waals surface area contributed by atoms with E-state index in [2.05, 4.69) is 4.98 Å². The van der Waals surface area contributed by atoms with E-state index < -0.39 is 27.6 Å². The van der Waals surface area contributed by atoms with E-state index in [0.29, 0.717) is 12.2 Å². The first-order valence-electron chi connectivity index (χ1n) is 5.10. The van der Waals surface area contributed by atoms with Gasteiger partial charge < -0.3 is 5.11 Å². The topological polar surface area (TPSA) is 118 Å². The molecule has 2 heterocycles. The minimum Gasteiger partial charge on any atom is -0.480 e. The smallest absolute Gasteiger partial charge is 0.326 e. The fraction of sp³-hybridized carbons (Fsp3) is 0.444. The van der Waals surface area contributed by atoms with Crippen LogP contribution in [0.3, 0.4) is 0 Å². The molecule has 0 amide bonds. The van der Waals surface area contributed by atoms with Crippen LogP contribution in [-0.2, 0) is 21.2 Å². The van der Waals surface area contributed by atoms with Gasteiger partial charge >= 0.3 is 5.97 Å². The molecule has 0 spiro atoms. The molecule has 1 aliphatic rings. The molecule has 8 nitrogen and oxygen atoms in total. The Morgan fingerprint density at radius 2 is 2.28 bits per heavy atom. The van der Waals surface area contributed by atoms with Gasteiger partial charge in [-0.05, 0) is 6.42 Å². The van der Waals surface area contributed by atoms with Crippen molar-refractivity contribution in [2.24, 2.45) is 0 Å². The standard InChI is InChI=1S/C9H11N3O5S/c1-18(16,17)11-5-4-10-7-3-2-6(9(14)15)12(7)8(5)13/h4,6,11H,2-3H2,1H3,(H,14,15). The Labute approximate surface area is 102 Å². The Kier molecular flexibility index (Phi) is 2.85. The van der Waals surface area contributed by atoms with Gasteiger partial charge in [-0.25, -0.2) is 18.2 Å². The van der Waals surface area contributed by atoms with Gasteiger partial charge in [0.25, 0.3) is 5.56 Å². The summed E-state index contributed by atoms with van der Waals surface area (Å²) < 4.78 is 25.2. The Balaban J connectivity index is 2.54. The quantitative estimate of drug-likeness (QED) is 0.743. The number of aromatic nitrogens is 2. The summed E-state index contributed by atoms with van der Waals surface area (Å²) in [5.74, 6) is -0.777. The van der Waals surface area contributed by atoms with Gasteiger partial charge in [-0.2, -0.15) is 0 Å². The Morgan fingerprint density at radius 3 is 2.83 bits per heavy atom. The third-order valence-electron chi connectivity index (χ3n) is 2.60. The van der Waals surface area contributed by atoms with Crippen LogP contribution in [0.5, 0.6) is 0 Å². The van der Waals surface area contributed by atoms with Crippen LogP contribution in [0.25, 0.3) is 0 Å². The minimum atomic E-state index is -3.61. The molecule has 1 aliphatic heterocycles. The lowest BCUT2D eigenvalue weighted by Crippen LogP contribution is -2.31. The van der Waals surface area contributed by atoms with Crippen molar-refractivity contribution < 1.29 is 18.3 Å². The number of nitrogens with one attached hydrogen (secondary N) is 1. The molecule has 0 bridgehead atoms. The number of aliphatic carboxylic acids is 1. The summed E-state index contributed by atoms with van der Waals surface area (Å²) in [4.78, 5) is 26.9. The highest BCUT2D eigenvalue weighted by Crippen LogP contribution is 2.22. The molecule has 0 aromatic carbocycles. The van der Waals surface area contributed by atoms with Gasteiger partial charge in [0.05, 0.1) is 12.5 Å². The summed E-state index contributed by atoms with van der Waals surface area (Å²) >= 11 is 0. The fourth-order valence-electron chi connectivity index (χ4n) is 1.91. The maximum absolute atomic E-state index is 12.0. The lowest BCUT2D eigenvalue weighted by atomic mass is 10.2. The first-order valence-corrected chi connectivity index (χ1v) is 7.00. The number of sulfonamides is 1. The molecule has 0 saturated heterocycles. The summed E-state index contributed by atoms with van der Waals surface area (Å²) in [5, 5.41) is 8.98. The molecule has 1 aromatic rings. The van der Waals surface area contributed by atoms with E-state index in [1.165, 1.54) is 0 Å². The van der Waals surface area contributed by atoms with E-state index in [1.807, 2.05) is 4.72 Å². The molecule has 18 heavy (non-hydrogen) atoms. The molecule has 0 fully saturated rings. The van der Waals surface area contributed by atoms with Crippen molar-refractivity contribution in [3.63, 3.8) is 0 Å². The van der Waals surface area contributed by atoms with Crippen LogP contribution < -0.4 is 10.3 Å². The summed E-state index contributed by atoms with van der Waals surface area (Å²) in [6, 6.07) is -0.985. The van der Waals surface area contributed by atoms with E-state index in [4.69, 9.17) is 5.11 Å². The third-order valence-corrected chi connectivity index (χ3v) is 3.19. The van der Waals surface area contributed by atoms with Gasteiger partial charge in [-0.15, -0.1) is 0 Å². The van der Waals surface area contributed by atoms with E-state index in [9.17, 15) is 18.0 Å². The lowest BCUT2D eigenvalue weighted by molar-refractivity contribution is -0.140. The van der Waals surface area contributed by atoms with E-state index >= 15 is 0 Å². The monoisotopic (exact) mass is 273 g/mol. The van der Waals surface area contributed by atoms with Crippen LogP contribution in [0.1, 0.15) is 18.3 Å². The molecule has 9 heteroatoms. The summed E-state index contributed by atoms with van der Waals surface area (Å²) in [7, 11) is -3.61. The Morgan fingerprint density at radius 1 is 1.61 bits per heavy atom. The van der Waals surface area contributed by atoms with Crippen molar-refractivity contribution in [3.8, 4) is 0 Å². The van der Waals surface area contributed by atoms with Crippen LogP contribution in [-0.4, -0.2) is 35.3 Å². The first-order chi connectivity index (χ1) is 8.29. The van der Waals surface area contributed by atoms with E-state index in [0.717, 1.165) is 17.0 Å². The second-order valence-electron chi connectivity index (χ2n) is 4.03. The molecule has 0 aliphatic carbocycles. The number of carboxylic acid groups (broad SMARTS) is 1. The highest BCUT2D eigenvalue weighted by Gasteiger charge is 2.31.